The van der Waals surface area contributed by atoms with Gasteiger partial charge in [0.1, 0.15) is 29.2 Å². The first-order chi connectivity index (χ1) is 14.7. The molecule has 0 aromatic heterocycles. The molecule has 0 spiro atoms. The van der Waals surface area contributed by atoms with Crippen LogP contribution in [0.4, 0.5) is 8.78 Å². The van der Waals surface area contributed by atoms with Crippen LogP contribution in [-0.2, 0) is 19.1 Å². The molecule has 0 radical (unpaired) electrons. The van der Waals surface area contributed by atoms with Gasteiger partial charge in [0, 0.05) is 28.8 Å². The number of esters is 2. The number of carbonyl (C=O) groups excluding carboxylic acids is 2. The maximum absolute atomic E-state index is 14.4. The molecule has 0 fully saturated rings. The topological polar surface area (TPSA) is 74.2 Å². The van der Waals surface area contributed by atoms with Crippen molar-refractivity contribution in [2.75, 3.05) is 14.2 Å². The van der Waals surface area contributed by atoms with Crippen LogP contribution >= 0.6 is 0 Å². The Balaban J connectivity index is 1.94. The van der Waals surface area contributed by atoms with Crippen LogP contribution in [0.25, 0.3) is 11.1 Å². The van der Waals surface area contributed by atoms with Crippen LogP contribution in [0, 0.1) is 23.5 Å². The molecule has 0 saturated carbocycles. The van der Waals surface area contributed by atoms with Crippen LogP contribution in [0.3, 0.4) is 0 Å². The molecular weight excluding hydrogens is 408 g/mol. The molecule has 4 atom stereocenters. The van der Waals surface area contributed by atoms with Gasteiger partial charge >= 0.3 is 11.9 Å². The lowest BCUT2D eigenvalue weighted by Crippen LogP contribution is -2.57. The first-order valence-corrected chi connectivity index (χ1v) is 9.70. The molecule has 6 nitrogen and oxygen atoms in total. The van der Waals surface area contributed by atoms with Crippen LogP contribution in [0.2, 0.25) is 0 Å². The smallest absolute Gasteiger partial charge is 0.315 e. The molecule has 8 heteroatoms. The maximum atomic E-state index is 14.4. The Labute approximate surface area is 177 Å². The van der Waals surface area contributed by atoms with E-state index in [9.17, 15) is 18.4 Å². The monoisotopic (exact) mass is 429 g/mol. The van der Waals surface area contributed by atoms with Gasteiger partial charge in [-0.1, -0.05) is 6.07 Å². The number of benzene rings is 2. The Bertz CT molecular complexity index is 1120. The molecule has 162 valence electrons. The van der Waals surface area contributed by atoms with E-state index < -0.39 is 47.1 Å². The van der Waals surface area contributed by atoms with E-state index in [2.05, 4.69) is 4.99 Å². The minimum atomic E-state index is -1.28. The van der Waals surface area contributed by atoms with Gasteiger partial charge in [-0.15, -0.1) is 0 Å². The number of halogens is 2. The summed E-state index contributed by atoms with van der Waals surface area (Å²) in [5, 5.41) is 0. The molecule has 2 aromatic rings. The van der Waals surface area contributed by atoms with Gasteiger partial charge in [-0.2, -0.15) is 0 Å². The van der Waals surface area contributed by atoms with E-state index in [4.69, 9.17) is 14.2 Å². The number of hydrogen-bond donors (Lipinski definition) is 0. The lowest BCUT2D eigenvalue weighted by molar-refractivity contribution is -0.160. The Morgan fingerprint density at radius 3 is 2.42 bits per heavy atom. The van der Waals surface area contributed by atoms with Crippen LogP contribution in [-0.4, -0.2) is 37.6 Å². The number of methoxy groups -OCH3 is 2. The molecule has 0 aliphatic carbocycles. The number of ether oxygens (including phenoxy) is 3. The zero-order valence-electron chi connectivity index (χ0n) is 17.4. The Kier molecular flexibility index (Phi) is 5.03. The van der Waals surface area contributed by atoms with Crippen molar-refractivity contribution < 1.29 is 32.6 Å². The fourth-order valence-electron chi connectivity index (χ4n) is 4.67. The second-order valence-electron chi connectivity index (χ2n) is 7.81. The van der Waals surface area contributed by atoms with Crippen molar-refractivity contribution in [2.45, 2.75) is 25.5 Å². The van der Waals surface area contributed by atoms with Gasteiger partial charge in [0.15, 0.2) is 0 Å². The van der Waals surface area contributed by atoms with Crippen molar-refractivity contribution >= 4 is 17.7 Å². The zero-order chi connectivity index (χ0) is 22.5. The first kappa shape index (κ1) is 21.0. The zero-order valence-corrected chi connectivity index (χ0v) is 17.4. The average Bonchev–Trinajstić information content (AvgIpc) is 2.72. The van der Waals surface area contributed by atoms with Gasteiger partial charge in [0.2, 0.25) is 5.72 Å². The second-order valence-corrected chi connectivity index (χ2v) is 7.81. The third-order valence-corrected chi connectivity index (χ3v) is 5.98. The molecule has 0 saturated heterocycles. The van der Waals surface area contributed by atoms with Gasteiger partial charge in [0.05, 0.1) is 14.2 Å². The molecule has 0 N–H and O–H groups in total. The highest BCUT2D eigenvalue weighted by Crippen LogP contribution is 2.53. The molecule has 4 unspecified atom stereocenters. The van der Waals surface area contributed by atoms with Gasteiger partial charge in [0.25, 0.3) is 0 Å². The van der Waals surface area contributed by atoms with Gasteiger partial charge in [-0.3, -0.25) is 9.59 Å². The van der Waals surface area contributed by atoms with Crippen molar-refractivity contribution in [1.29, 1.82) is 0 Å². The van der Waals surface area contributed by atoms with E-state index in [0.717, 1.165) is 12.1 Å². The molecular formula is C23H21F2NO5. The van der Waals surface area contributed by atoms with Crippen LogP contribution in [0.5, 0.6) is 5.75 Å². The van der Waals surface area contributed by atoms with Crippen molar-refractivity contribution in [3.05, 3.63) is 53.6 Å². The summed E-state index contributed by atoms with van der Waals surface area (Å²) >= 11 is 0. The number of aliphatic imine (C=N–C) groups is 1. The fourth-order valence-corrected chi connectivity index (χ4v) is 4.67. The summed E-state index contributed by atoms with van der Waals surface area (Å²) in [6.07, 6.45) is 0. The number of nitrogens with zero attached hydrogens (tertiary/aromatic N) is 1. The highest BCUT2D eigenvalue weighted by molar-refractivity contribution is 6.04. The first-order valence-electron chi connectivity index (χ1n) is 9.70. The maximum Gasteiger partial charge on any atom is 0.315 e. The van der Waals surface area contributed by atoms with Crippen molar-refractivity contribution in [3.63, 3.8) is 0 Å². The lowest BCUT2D eigenvalue weighted by Gasteiger charge is -2.48. The minimum Gasteiger partial charge on any atom is -0.469 e. The minimum absolute atomic E-state index is 0.183. The molecule has 2 heterocycles. The molecule has 2 aliphatic rings. The summed E-state index contributed by atoms with van der Waals surface area (Å²) in [5.74, 6) is -4.59. The standard InChI is InChI=1S/C23H21F2NO5/c1-11-18(21(27)29-3)19-15-9-12(14-7-6-13(24)10-16(14)25)5-8-17(15)31-23(2,26-11)20(19)22(28)30-4/h5-10,18-20H,1-4H3. The van der Waals surface area contributed by atoms with E-state index in [1.807, 2.05) is 0 Å². The third kappa shape index (κ3) is 3.26. The van der Waals surface area contributed by atoms with Crippen LogP contribution in [0.1, 0.15) is 25.3 Å². The summed E-state index contributed by atoms with van der Waals surface area (Å²) in [6, 6.07) is 8.22. The van der Waals surface area contributed by atoms with Crippen molar-refractivity contribution in [2.24, 2.45) is 16.8 Å². The normalized spacial score (nSPS) is 26.3. The number of carbonyl (C=O) groups is 2. The summed E-state index contributed by atoms with van der Waals surface area (Å²) in [4.78, 5) is 30.0. The third-order valence-electron chi connectivity index (χ3n) is 5.98. The van der Waals surface area contributed by atoms with Gasteiger partial charge in [-0.05, 0) is 43.7 Å². The number of fused-ring (bicyclic) bond motifs is 4. The molecule has 31 heavy (non-hydrogen) atoms. The molecule has 2 aliphatic heterocycles. The Morgan fingerprint density at radius 1 is 1.06 bits per heavy atom. The van der Waals surface area contributed by atoms with E-state index in [1.165, 1.54) is 20.3 Å². The van der Waals surface area contributed by atoms with E-state index in [1.54, 1.807) is 32.0 Å². The highest BCUT2D eigenvalue weighted by atomic mass is 19.1. The predicted octanol–water partition coefficient (Wildman–Crippen LogP) is 3.88. The largest absolute Gasteiger partial charge is 0.469 e. The lowest BCUT2D eigenvalue weighted by atomic mass is 9.66. The molecule has 2 aromatic carbocycles. The SMILES string of the molecule is COC(=O)C1C(C)=NC2(C)Oc3ccc(-c4ccc(F)cc4F)cc3C1C2C(=O)OC. The van der Waals surface area contributed by atoms with Crippen LogP contribution < -0.4 is 4.74 Å². The molecule has 4 rings (SSSR count). The van der Waals surface area contributed by atoms with Gasteiger partial charge < -0.3 is 14.2 Å². The number of rotatable bonds is 3. The van der Waals surface area contributed by atoms with E-state index in [0.29, 0.717) is 22.6 Å². The van der Waals surface area contributed by atoms with E-state index >= 15 is 0 Å². The van der Waals surface area contributed by atoms with Crippen LogP contribution in [0.15, 0.2) is 41.4 Å². The molecule has 2 bridgehead atoms. The Hall–Kier alpha value is -3.29. The van der Waals surface area contributed by atoms with E-state index in [-0.39, 0.29) is 5.56 Å². The van der Waals surface area contributed by atoms with Gasteiger partial charge in [-0.25, -0.2) is 13.8 Å². The average molecular weight is 429 g/mol. The van der Waals surface area contributed by atoms with Crippen molar-refractivity contribution in [3.8, 4) is 16.9 Å². The van der Waals surface area contributed by atoms with Crippen molar-refractivity contribution in [1.82, 2.24) is 0 Å². The fraction of sp³-hybridized carbons (Fsp3) is 0.348. The molecule has 0 amide bonds. The summed E-state index contributed by atoms with van der Waals surface area (Å²) < 4.78 is 43.9. The quantitative estimate of drug-likeness (QED) is 0.693. The second kappa shape index (κ2) is 7.44. The highest BCUT2D eigenvalue weighted by Gasteiger charge is 2.59. The number of hydrogen-bond acceptors (Lipinski definition) is 6. The summed E-state index contributed by atoms with van der Waals surface area (Å²) in [6.45, 7) is 3.34. The predicted molar refractivity (Wildman–Crippen MR) is 108 cm³/mol. The summed E-state index contributed by atoms with van der Waals surface area (Å²) in [5.41, 5.74) is 0.350. The Morgan fingerprint density at radius 2 is 1.77 bits per heavy atom. The summed E-state index contributed by atoms with van der Waals surface area (Å²) in [7, 11) is 2.52.